The van der Waals surface area contributed by atoms with Crippen LogP contribution in [-0.4, -0.2) is 124 Å². The molecular weight excluding hydrogens is 926 g/mol. The van der Waals surface area contributed by atoms with Gasteiger partial charge in [0.05, 0.1) is 54.4 Å². The maximum absolute atomic E-state index is 15.7. The molecule has 14 nitrogen and oxygen atoms in total. The van der Waals surface area contributed by atoms with Crippen molar-refractivity contribution in [1.29, 1.82) is 5.26 Å². The standard InChI is InChI=1S/C58H60FN7O7/c1-36(2)61(3)35-44-24-37-8-6-7-9-40(37)34-65(44)57(69)48-27-42-33-64(55(68)28-39-10-13-46(30-51(39)59)73-23-20-63-18-21-72-22-19-63)17-16-38(42)26-47(48)53-31-50-56(62(53)4)49-29-45(67)12-14-52(49)66(58(50)70)43-11-15-54(71-5)41(25-43)32-60/h6-15,25-27,29-31,36,44,67H,16-24,28,33-35H2,1-5H3/t44-/m0/s1. The molecule has 5 heterocycles. The highest BCUT2D eigenvalue weighted by molar-refractivity contribution is 6.09. The van der Waals surface area contributed by atoms with Crippen LogP contribution in [0.15, 0.2) is 102 Å². The number of ether oxygens (including phenoxy) is 3. The Morgan fingerprint density at radius 2 is 1.71 bits per heavy atom. The number of aromatic nitrogens is 2. The molecule has 376 valence electrons. The number of likely N-dealkylation sites (N-methyl/N-ethyl adjacent to an activating group) is 1. The Hall–Kier alpha value is -7.51. The van der Waals surface area contributed by atoms with E-state index < -0.39 is 5.82 Å². The number of amides is 2. The number of carbonyl (C=O) groups excluding carboxylic acids is 2. The van der Waals surface area contributed by atoms with Gasteiger partial charge in [-0.3, -0.25) is 23.9 Å². The van der Waals surface area contributed by atoms with E-state index in [9.17, 15) is 20.0 Å². The lowest BCUT2D eigenvalue weighted by molar-refractivity contribution is -0.131. The predicted octanol–water partition coefficient (Wildman–Crippen LogP) is 7.62. The van der Waals surface area contributed by atoms with Gasteiger partial charge in [-0.15, -0.1) is 0 Å². The largest absolute Gasteiger partial charge is 0.508 e. The second-order valence-electron chi connectivity index (χ2n) is 19.7. The van der Waals surface area contributed by atoms with E-state index in [1.54, 1.807) is 47.4 Å². The van der Waals surface area contributed by atoms with Crippen molar-refractivity contribution in [3.8, 4) is 40.3 Å². The van der Waals surface area contributed by atoms with Gasteiger partial charge in [-0.1, -0.05) is 30.3 Å². The van der Waals surface area contributed by atoms with Gasteiger partial charge in [0.25, 0.3) is 11.5 Å². The monoisotopic (exact) mass is 985 g/mol. The molecule has 2 amide bonds. The minimum atomic E-state index is -0.506. The minimum Gasteiger partial charge on any atom is -0.508 e. The summed E-state index contributed by atoms with van der Waals surface area (Å²) in [5.41, 5.74) is 7.41. The van der Waals surface area contributed by atoms with Crippen molar-refractivity contribution >= 4 is 33.6 Å². The lowest BCUT2D eigenvalue weighted by Gasteiger charge is -2.40. The van der Waals surface area contributed by atoms with Gasteiger partial charge < -0.3 is 38.6 Å². The summed E-state index contributed by atoms with van der Waals surface area (Å²) in [5, 5.41) is 21.9. The van der Waals surface area contributed by atoms with Gasteiger partial charge in [-0.05, 0) is 122 Å². The summed E-state index contributed by atoms with van der Waals surface area (Å²) >= 11 is 0. The zero-order valence-electron chi connectivity index (χ0n) is 42.0. The van der Waals surface area contributed by atoms with Gasteiger partial charge in [-0.25, -0.2) is 4.39 Å². The SMILES string of the molecule is COc1ccc(-n2c(=O)c3cc(-c4cc5c(cc4C(=O)N4Cc6ccccc6C[C@H]4CN(C)C(C)C)CN(C(=O)Cc4ccc(OCCN6CCOCC6)cc4F)CC5)n(C)c3c3cc(O)ccc32)cc1C#N. The van der Waals surface area contributed by atoms with Gasteiger partial charge in [0.1, 0.15) is 35.7 Å². The van der Waals surface area contributed by atoms with Crippen LogP contribution in [-0.2, 0) is 48.9 Å². The molecule has 0 aliphatic carbocycles. The number of halogens is 1. The molecule has 3 aliphatic heterocycles. The molecule has 15 heteroatoms. The van der Waals surface area contributed by atoms with Gasteiger partial charge in [-0.2, -0.15) is 5.26 Å². The van der Waals surface area contributed by atoms with Crippen LogP contribution in [0.25, 0.3) is 38.8 Å². The summed E-state index contributed by atoms with van der Waals surface area (Å²) < 4.78 is 35.8. The summed E-state index contributed by atoms with van der Waals surface area (Å²) in [6.45, 7) is 10.1. The second-order valence-corrected chi connectivity index (χ2v) is 19.7. The quantitative estimate of drug-likeness (QED) is 0.123. The van der Waals surface area contributed by atoms with Crippen LogP contribution in [0.3, 0.4) is 0 Å². The molecular formula is C58H60FN7O7. The number of phenolic OH excluding ortho intramolecular Hbond substituents is 1. The van der Waals surface area contributed by atoms with E-state index in [1.165, 1.54) is 29.4 Å². The van der Waals surface area contributed by atoms with E-state index in [2.05, 4.69) is 48.9 Å². The Morgan fingerprint density at radius 1 is 0.918 bits per heavy atom. The number of phenols is 1. The highest BCUT2D eigenvalue weighted by atomic mass is 19.1. The van der Waals surface area contributed by atoms with Gasteiger partial charge in [0.2, 0.25) is 5.91 Å². The molecule has 3 aliphatic rings. The number of hydrogen-bond acceptors (Lipinski definition) is 10. The molecule has 0 unspecified atom stereocenters. The van der Waals surface area contributed by atoms with Crippen molar-refractivity contribution in [3.63, 3.8) is 0 Å². The van der Waals surface area contributed by atoms with Crippen molar-refractivity contribution in [3.05, 3.63) is 152 Å². The number of nitriles is 1. The fourth-order valence-corrected chi connectivity index (χ4v) is 10.7. The average molecular weight is 986 g/mol. The third-order valence-corrected chi connectivity index (χ3v) is 15.1. The van der Waals surface area contributed by atoms with E-state index in [1.807, 2.05) is 46.8 Å². The summed E-state index contributed by atoms with van der Waals surface area (Å²) in [5.74, 6) is -0.132. The van der Waals surface area contributed by atoms with E-state index in [0.29, 0.717) is 115 Å². The molecule has 0 bridgehead atoms. The van der Waals surface area contributed by atoms with E-state index in [4.69, 9.17) is 14.2 Å². The summed E-state index contributed by atoms with van der Waals surface area (Å²) in [7, 11) is 5.42. The summed E-state index contributed by atoms with van der Waals surface area (Å²) in [6.07, 6.45) is 1.01. The number of carbonyl (C=O) groups is 2. The molecule has 0 saturated carbocycles. The number of fused-ring (bicyclic) bond motifs is 5. The first-order valence-electron chi connectivity index (χ1n) is 25.0. The van der Waals surface area contributed by atoms with Crippen LogP contribution in [0.4, 0.5) is 4.39 Å². The predicted molar refractivity (Wildman–Crippen MR) is 278 cm³/mol. The lowest BCUT2D eigenvalue weighted by atomic mass is 9.89. The Kier molecular flexibility index (Phi) is 13.8. The molecule has 7 aromatic rings. The molecule has 5 aromatic carbocycles. The van der Waals surface area contributed by atoms with Gasteiger partial charge >= 0.3 is 0 Å². The first-order valence-corrected chi connectivity index (χ1v) is 25.0. The number of aromatic hydroxyl groups is 1. The van der Waals surface area contributed by atoms with Crippen molar-refractivity contribution in [1.82, 2.24) is 28.7 Å². The van der Waals surface area contributed by atoms with Crippen molar-refractivity contribution in [2.24, 2.45) is 7.05 Å². The first-order chi connectivity index (χ1) is 35.3. The van der Waals surface area contributed by atoms with E-state index in [-0.39, 0.29) is 59.3 Å². The topological polar surface area (TPSA) is 146 Å². The molecule has 1 N–H and O–H groups in total. The third-order valence-electron chi connectivity index (χ3n) is 15.1. The molecule has 10 rings (SSSR count). The number of pyridine rings is 1. The molecule has 0 radical (unpaired) electrons. The molecule has 1 fully saturated rings. The van der Waals surface area contributed by atoms with Crippen LogP contribution in [0.5, 0.6) is 17.2 Å². The summed E-state index contributed by atoms with van der Waals surface area (Å²) in [4.78, 5) is 53.0. The number of morpholine rings is 1. The number of benzene rings is 5. The van der Waals surface area contributed by atoms with E-state index in [0.717, 1.165) is 29.8 Å². The van der Waals surface area contributed by atoms with Crippen LogP contribution < -0.4 is 15.0 Å². The van der Waals surface area contributed by atoms with Crippen molar-refractivity contribution < 1.29 is 33.3 Å². The first kappa shape index (κ1) is 49.1. The average Bonchev–Trinajstić information content (AvgIpc) is 3.75. The van der Waals surface area contributed by atoms with Crippen LogP contribution >= 0.6 is 0 Å². The highest BCUT2D eigenvalue weighted by Crippen LogP contribution is 2.39. The zero-order chi connectivity index (χ0) is 51.1. The smallest absolute Gasteiger partial charge is 0.265 e. The number of methoxy groups -OCH3 is 1. The third kappa shape index (κ3) is 9.66. The zero-order valence-corrected chi connectivity index (χ0v) is 42.0. The maximum Gasteiger partial charge on any atom is 0.265 e. The van der Waals surface area contributed by atoms with Crippen LogP contribution in [0.2, 0.25) is 0 Å². The minimum absolute atomic E-state index is 0.00427. The Morgan fingerprint density at radius 3 is 2.47 bits per heavy atom. The molecule has 1 atom stereocenters. The summed E-state index contributed by atoms with van der Waals surface area (Å²) in [6, 6.07) is 30.7. The Bertz CT molecular complexity index is 3390. The molecule has 1 saturated heterocycles. The van der Waals surface area contributed by atoms with Crippen LogP contribution in [0.1, 0.15) is 57.6 Å². The van der Waals surface area contributed by atoms with E-state index >= 15 is 9.18 Å². The Balaban J connectivity index is 1.04. The number of hydrogen-bond donors (Lipinski definition) is 1. The highest BCUT2D eigenvalue weighted by Gasteiger charge is 2.35. The Labute approximate surface area is 423 Å². The van der Waals surface area contributed by atoms with Crippen LogP contribution in [0, 0.1) is 17.1 Å². The van der Waals surface area contributed by atoms with Crippen molar-refractivity contribution in [2.75, 3.05) is 66.7 Å². The van der Waals surface area contributed by atoms with Gasteiger partial charge in [0.15, 0.2) is 0 Å². The second kappa shape index (κ2) is 20.5. The molecule has 73 heavy (non-hydrogen) atoms. The van der Waals surface area contributed by atoms with Crippen molar-refractivity contribution in [2.45, 2.75) is 58.3 Å². The molecule has 2 aromatic heterocycles. The normalized spacial score (nSPS) is 16.0. The molecule has 0 spiro atoms. The number of aryl methyl sites for hydroxylation is 1. The number of nitrogens with zero attached hydrogens (tertiary/aromatic N) is 7. The fraction of sp³-hybridized carbons (Fsp3) is 0.345. The van der Waals surface area contributed by atoms with Gasteiger partial charge in [0, 0.05) is 93.2 Å². The maximum atomic E-state index is 15.7. The fourth-order valence-electron chi connectivity index (χ4n) is 10.7. The number of rotatable bonds is 13. The lowest BCUT2D eigenvalue weighted by Crippen LogP contribution is -2.50.